The molecular formula is C24H32O6. The second-order valence-electron chi connectivity index (χ2n) is 7.79. The number of epoxide rings is 1. The van der Waals surface area contributed by atoms with Crippen molar-refractivity contribution in [3.8, 4) is 0 Å². The Bertz CT molecular complexity index is 726. The van der Waals surface area contributed by atoms with E-state index in [4.69, 9.17) is 19.3 Å². The number of carboxylic acid groups (broad SMARTS) is 1. The third kappa shape index (κ3) is 8.51. The SMILES string of the molecule is COC1CCC(OC(=O)/C=C/C=C/C=C/C=C/C(=O)O)CC1C1OC1CC=C(C)C. The monoisotopic (exact) mass is 416 g/mol. The Balaban J connectivity index is 1.78. The zero-order chi connectivity index (χ0) is 21.9. The molecular weight excluding hydrogens is 384 g/mol. The van der Waals surface area contributed by atoms with Gasteiger partial charge in [-0.05, 0) is 39.5 Å². The number of hydrogen-bond acceptors (Lipinski definition) is 5. The van der Waals surface area contributed by atoms with Gasteiger partial charge in [0.25, 0.3) is 0 Å². The minimum absolute atomic E-state index is 0.128. The standard InChI is InChI=1S/C24H32O6/c1-17(2)12-14-21-24(30-21)19-16-18(13-15-20(19)28-3)29-23(27)11-9-7-5-4-6-8-10-22(25)26/h4-12,18-21,24H,13-16H2,1-3H3,(H,25,26)/b6-4+,7-5+,10-8+,11-9+. The van der Waals surface area contributed by atoms with Crippen LogP contribution in [0, 0.1) is 5.92 Å². The van der Waals surface area contributed by atoms with Gasteiger partial charge in [-0.3, -0.25) is 0 Å². The van der Waals surface area contributed by atoms with Crippen LogP contribution in [0.25, 0.3) is 0 Å². The third-order valence-corrected chi connectivity index (χ3v) is 5.20. The van der Waals surface area contributed by atoms with E-state index in [-0.39, 0.29) is 36.3 Å². The average molecular weight is 417 g/mol. The molecule has 2 aliphatic rings. The predicted octanol–water partition coefficient (Wildman–Crippen LogP) is 4.15. The number of allylic oxidation sites excluding steroid dienone is 7. The summed E-state index contributed by atoms with van der Waals surface area (Å²) in [5.74, 6) is -1.12. The molecule has 1 saturated carbocycles. The van der Waals surface area contributed by atoms with E-state index in [9.17, 15) is 9.59 Å². The summed E-state index contributed by atoms with van der Waals surface area (Å²) < 4.78 is 17.2. The van der Waals surface area contributed by atoms with Gasteiger partial charge < -0.3 is 19.3 Å². The second-order valence-corrected chi connectivity index (χ2v) is 7.79. The first-order valence-corrected chi connectivity index (χ1v) is 10.3. The third-order valence-electron chi connectivity index (χ3n) is 5.20. The van der Waals surface area contributed by atoms with Crippen LogP contribution in [0.15, 0.2) is 60.3 Å². The number of methoxy groups -OCH3 is 1. The Hall–Kier alpha value is -2.44. The van der Waals surface area contributed by atoms with Gasteiger partial charge >= 0.3 is 11.9 Å². The Kier molecular flexibility index (Phi) is 9.77. The molecule has 0 spiro atoms. The second kappa shape index (κ2) is 12.3. The number of carboxylic acids is 1. The molecule has 2 rings (SSSR count). The van der Waals surface area contributed by atoms with Crippen LogP contribution in [0.1, 0.15) is 39.5 Å². The van der Waals surface area contributed by atoms with Crippen LogP contribution in [0.3, 0.4) is 0 Å². The van der Waals surface area contributed by atoms with E-state index in [1.165, 1.54) is 17.7 Å². The Morgan fingerprint density at radius 1 is 1.03 bits per heavy atom. The van der Waals surface area contributed by atoms with Gasteiger partial charge in [0.2, 0.25) is 0 Å². The van der Waals surface area contributed by atoms with Crippen LogP contribution in [-0.4, -0.2) is 48.6 Å². The van der Waals surface area contributed by atoms with Crippen LogP contribution >= 0.6 is 0 Å². The van der Waals surface area contributed by atoms with Crippen LogP contribution in [0.4, 0.5) is 0 Å². The lowest BCUT2D eigenvalue weighted by atomic mass is 9.81. The van der Waals surface area contributed by atoms with Crippen LogP contribution in [0.5, 0.6) is 0 Å². The van der Waals surface area contributed by atoms with E-state index in [0.717, 1.165) is 31.8 Å². The Labute approximate surface area is 178 Å². The molecule has 1 N–H and O–H groups in total. The van der Waals surface area contributed by atoms with E-state index in [2.05, 4.69) is 19.9 Å². The molecule has 5 unspecified atom stereocenters. The lowest BCUT2D eigenvalue weighted by Gasteiger charge is -2.34. The quantitative estimate of drug-likeness (QED) is 0.189. The topological polar surface area (TPSA) is 85.4 Å². The van der Waals surface area contributed by atoms with Crippen molar-refractivity contribution in [3.05, 3.63) is 60.3 Å². The molecule has 1 heterocycles. The fraction of sp³-hybridized carbons (Fsp3) is 0.500. The van der Waals surface area contributed by atoms with Crippen LogP contribution in [0.2, 0.25) is 0 Å². The molecule has 2 fully saturated rings. The summed E-state index contributed by atoms with van der Waals surface area (Å²) in [6.45, 7) is 4.17. The van der Waals surface area contributed by atoms with Gasteiger partial charge in [0.05, 0.1) is 18.3 Å². The van der Waals surface area contributed by atoms with E-state index >= 15 is 0 Å². The molecule has 30 heavy (non-hydrogen) atoms. The number of ether oxygens (including phenoxy) is 3. The Morgan fingerprint density at radius 3 is 2.33 bits per heavy atom. The zero-order valence-electron chi connectivity index (χ0n) is 17.9. The molecule has 1 aliphatic carbocycles. The molecule has 0 aromatic rings. The van der Waals surface area contributed by atoms with Crippen molar-refractivity contribution >= 4 is 11.9 Å². The van der Waals surface area contributed by atoms with E-state index in [1.54, 1.807) is 37.5 Å². The molecule has 6 nitrogen and oxygen atoms in total. The molecule has 0 bridgehead atoms. The van der Waals surface area contributed by atoms with Gasteiger partial charge in [-0.1, -0.05) is 48.1 Å². The summed E-state index contributed by atoms with van der Waals surface area (Å²) in [5.41, 5.74) is 1.29. The first-order valence-electron chi connectivity index (χ1n) is 10.3. The van der Waals surface area contributed by atoms with Crippen LogP contribution < -0.4 is 0 Å². The van der Waals surface area contributed by atoms with Crippen molar-refractivity contribution in [1.29, 1.82) is 0 Å². The molecule has 1 aliphatic heterocycles. The number of rotatable bonds is 10. The lowest BCUT2D eigenvalue weighted by molar-refractivity contribution is -0.148. The molecule has 1 saturated heterocycles. The van der Waals surface area contributed by atoms with E-state index in [1.807, 2.05) is 0 Å². The summed E-state index contributed by atoms with van der Waals surface area (Å²) in [4.78, 5) is 22.4. The maximum Gasteiger partial charge on any atom is 0.331 e. The van der Waals surface area contributed by atoms with Crippen molar-refractivity contribution in [2.24, 2.45) is 5.92 Å². The largest absolute Gasteiger partial charge is 0.478 e. The van der Waals surface area contributed by atoms with Crippen molar-refractivity contribution in [2.75, 3.05) is 7.11 Å². The number of aliphatic carboxylic acids is 1. The van der Waals surface area contributed by atoms with Crippen molar-refractivity contribution in [3.63, 3.8) is 0 Å². The summed E-state index contributed by atoms with van der Waals surface area (Å²) in [6, 6.07) is 0. The minimum Gasteiger partial charge on any atom is -0.478 e. The first-order chi connectivity index (χ1) is 14.4. The predicted molar refractivity (Wildman–Crippen MR) is 115 cm³/mol. The van der Waals surface area contributed by atoms with Gasteiger partial charge in [-0.2, -0.15) is 0 Å². The lowest BCUT2D eigenvalue weighted by Crippen LogP contribution is -2.38. The summed E-state index contributed by atoms with van der Waals surface area (Å²) in [6.07, 6.45) is 18.0. The fourth-order valence-electron chi connectivity index (χ4n) is 3.69. The molecule has 5 atom stereocenters. The molecule has 164 valence electrons. The molecule has 6 heteroatoms. The summed E-state index contributed by atoms with van der Waals surface area (Å²) in [7, 11) is 1.73. The Morgan fingerprint density at radius 2 is 1.70 bits per heavy atom. The maximum atomic E-state index is 12.1. The highest BCUT2D eigenvalue weighted by molar-refractivity contribution is 5.82. The van der Waals surface area contributed by atoms with Gasteiger partial charge in [-0.15, -0.1) is 0 Å². The molecule has 0 aromatic carbocycles. The molecule has 0 radical (unpaired) electrons. The zero-order valence-corrected chi connectivity index (χ0v) is 17.9. The van der Waals surface area contributed by atoms with Crippen molar-refractivity contribution in [1.82, 2.24) is 0 Å². The average Bonchev–Trinajstić information content (AvgIpc) is 3.47. The highest BCUT2D eigenvalue weighted by atomic mass is 16.6. The van der Waals surface area contributed by atoms with Gasteiger partial charge in [0, 0.05) is 25.2 Å². The normalized spacial score (nSPS) is 29.1. The van der Waals surface area contributed by atoms with E-state index < -0.39 is 5.97 Å². The van der Waals surface area contributed by atoms with Crippen LogP contribution in [-0.2, 0) is 23.8 Å². The van der Waals surface area contributed by atoms with Crippen molar-refractivity contribution < 1.29 is 28.9 Å². The van der Waals surface area contributed by atoms with E-state index in [0.29, 0.717) is 0 Å². The number of carbonyl (C=O) groups is 2. The highest BCUT2D eigenvalue weighted by Gasteiger charge is 2.49. The maximum absolute atomic E-state index is 12.1. The summed E-state index contributed by atoms with van der Waals surface area (Å²) >= 11 is 0. The fourth-order valence-corrected chi connectivity index (χ4v) is 3.69. The number of esters is 1. The highest BCUT2D eigenvalue weighted by Crippen LogP contribution is 2.42. The number of hydrogen-bond donors (Lipinski definition) is 1. The minimum atomic E-state index is -0.996. The summed E-state index contributed by atoms with van der Waals surface area (Å²) in [5, 5.41) is 8.47. The van der Waals surface area contributed by atoms with Gasteiger partial charge in [-0.25, -0.2) is 9.59 Å². The van der Waals surface area contributed by atoms with Crippen molar-refractivity contribution in [2.45, 2.75) is 63.9 Å². The smallest absolute Gasteiger partial charge is 0.331 e. The van der Waals surface area contributed by atoms with Gasteiger partial charge in [0.1, 0.15) is 6.10 Å². The molecule has 0 amide bonds. The first kappa shape index (κ1) is 23.8. The van der Waals surface area contributed by atoms with Gasteiger partial charge in [0.15, 0.2) is 0 Å². The molecule has 0 aromatic heterocycles. The number of carbonyl (C=O) groups excluding carboxylic acids is 1.